The summed E-state index contributed by atoms with van der Waals surface area (Å²) in [5.41, 5.74) is -0.205. The second-order valence-electron chi connectivity index (χ2n) is 3.31. The molecule has 8 nitrogen and oxygen atoms in total. The van der Waals surface area contributed by atoms with E-state index in [2.05, 4.69) is 20.6 Å². The highest BCUT2D eigenvalue weighted by molar-refractivity contribution is 6.36. The van der Waals surface area contributed by atoms with Crippen molar-refractivity contribution in [2.24, 2.45) is 5.16 Å². The van der Waals surface area contributed by atoms with Crippen molar-refractivity contribution in [1.82, 2.24) is 10.6 Å². The van der Waals surface area contributed by atoms with Crippen LogP contribution < -0.4 is 10.6 Å². The van der Waals surface area contributed by atoms with Gasteiger partial charge in [-0.05, 0) is 6.92 Å². The fraction of sp³-hybridized carbons (Fsp3) is 0.556. The average Bonchev–Trinajstić information content (AvgIpc) is 2.75. The quantitative estimate of drug-likeness (QED) is 0.541. The van der Waals surface area contributed by atoms with Crippen LogP contribution in [0.4, 0.5) is 0 Å². The molecule has 1 aliphatic rings. The number of nitrogens with one attached hydrogen (secondary N) is 2. The van der Waals surface area contributed by atoms with Crippen LogP contribution in [0.15, 0.2) is 5.16 Å². The van der Waals surface area contributed by atoms with E-state index in [4.69, 9.17) is 5.11 Å². The lowest BCUT2D eigenvalue weighted by atomic mass is 10.2. The number of likely N-dealkylation sites (N-methyl/N-ethyl adjacent to an activating group) is 1. The van der Waals surface area contributed by atoms with Gasteiger partial charge in [-0.25, -0.2) is 4.79 Å². The van der Waals surface area contributed by atoms with Crippen LogP contribution >= 0.6 is 0 Å². The third-order valence-corrected chi connectivity index (χ3v) is 2.01. The highest BCUT2D eigenvalue weighted by Gasteiger charge is 2.31. The SMILES string of the molecule is CCNC(=O)CNC(=O)C1CC(C(=O)O)=NO1. The molecule has 0 fully saturated rings. The smallest absolute Gasteiger partial charge is 0.353 e. The van der Waals surface area contributed by atoms with E-state index in [0.29, 0.717) is 6.54 Å². The van der Waals surface area contributed by atoms with Gasteiger partial charge in [0, 0.05) is 13.0 Å². The molecular formula is C9H13N3O5. The minimum absolute atomic E-state index is 0.101. The zero-order chi connectivity index (χ0) is 12.8. The van der Waals surface area contributed by atoms with Crippen LogP contribution in [0, 0.1) is 0 Å². The van der Waals surface area contributed by atoms with Crippen molar-refractivity contribution in [2.45, 2.75) is 19.4 Å². The second kappa shape index (κ2) is 5.83. The molecular weight excluding hydrogens is 230 g/mol. The summed E-state index contributed by atoms with van der Waals surface area (Å²) < 4.78 is 0. The summed E-state index contributed by atoms with van der Waals surface area (Å²) in [6.07, 6.45) is -1.08. The third-order valence-electron chi connectivity index (χ3n) is 2.01. The predicted molar refractivity (Wildman–Crippen MR) is 56.3 cm³/mol. The molecule has 0 aromatic carbocycles. The van der Waals surface area contributed by atoms with Gasteiger partial charge in [0.1, 0.15) is 0 Å². The zero-order valence-corrected chi connectivity index (χ0v) is 9.23. The molecule has 0 radical (unpaired) electrons. The molecule has 0 aliphatic carbocycles. The Kier molecular flexibility index (Phi) is 4.44. The first-order valence-corrected chi connectivity index (χ1v) is 5.05. The molecule has 0 spiro atoms. The second-order valence-corrected chi connectivity index (χ2v) is 3.31. The van der Waals surface area contributed by atoms with E-state index in [1.165, 1.54) is 0 Å². The van der Waals surface area contributed by atoms with Crippen molar-refractivity contribution in [3.8, 4) is 0 Å². The summed E-state index contributed by atoms with van der Waals surface area (Å²) in [5.74, 6) is -2.10. The molecule has 17 heavy (non-hydrogen) atoms. The lowest BCUT2D eigenvalue weighted by Crippen LogP contribution is -2.41. The van der Waals surface area contributed by atoms with E-state index in [1.807, 2.05) is 0 Å². The number of aliphatic carboxylic acids is 1. The minimum atomic E-state index is -1.22. The van der Waals surface area contributed by atoms with Crippen LogP contribution in [0.1, 0.15) is 13.3 Å². The van der Waals surface area contributed by atoms with Gasteiger partial charge in [0.25, 0.3) is 5.91 Å². The molecule has 1 unspecified atom stereocenters. The molecule has 1 atom stereocenters. The molecule has 2 amide bonds. The van der Waals surface area contributed by atoms with Crippen molar-refractivity contribution in [3.05, 3.63) is 0 Å². The Morgan fingerprint density at radius 1 is 1.47 bits per heavy atom. The Bertz CT molecular complexity index is 366. The summed E-state index contributed by atoms with van der Waals surface area (Å²) in [7, 11) is 0. The van der Waals surface area contributed by atoms with Crippen LogP contribution in [0.25, 0.3) is 0 Å². The number of amides is 2. The Morgan fingerprint density at radius 3 is 2.71 bits per heavy atom. The summed E-state index contributed by atoms with van der Waals surface area (Å²) in [6, 6.07) is 0. The van der Waals surface area contributed by atoms with Crippen LogP contribution in [0.5, 0.6) is 0 Å². The van der Waals surface area contributed by atoms with Gasteiger partial charge >= 0.3 is 5.97 Å². The number of carboxylic acids is 1. The molecule has 8 heteroatoms. The largest absolute Gasteiger partial charge is 0.477 e. The molecule has 0 bridgehead atoms. The van der Waals surface area contributed by atoms with Gasteiger partial charge in [-0.15, -0.1) is 0 Å². The standard InChI is InChI=1S/C9H13N3O5/c1-2-10-7(13)4-11-8(14)6-3-5(9(15)16)12-17-6/h6H,2-4H2,1H3,(H,10,13)(H,11,14)(H,15,16). The molecule has 1 aliphatic heterocycles. The first-order valence-electron chi connectivity index (χ1n) is 5.05. The Labute approximate surface area is 97.0 Å². The maximum atomic E-state index is 11.4. The molecule has 0 aromatic heterocycles. The van der Waals surface area contributed by atoms with E-state index in [0.717, 1.165) is 0 Å². The fourth-order valence-electron chi connectivity index (χ4n) is 1.19. The lowest BCUT2D eigenvalue weighted by molar-refractivity contribution is -0.133. The van der Waals surface area contributed by atoms with Gasteiger partial charge in [0.2, 0.25) is 12.0 Å². The number of carboxylic acid groups (broad SMARTS) is 1. The van der Waals surface area contributed by atoms with E-state index in [-0.39, 0.29) is 24.6 Å². The molecule has 1 rings (SSSR count). The molecule has 94 valence electrons. The monoisotopic (exact) mass is 243 g/mol. The number of hydrogen-bond acceptors (Lipinski definition) is 5. The van der Waals surface area contributed by atoms with Crippen molar-refractivity contribution in [3.63, 3.8) is 0 Å². The van der Waals surface area contributed by atoms with Crippen LogP contribution in [0.3, 0.4) is 0 Å². The third kappa shape index (κ3) is 3.74. The summed E-state index contributed by atoms with van der Waals surface area (Å²) in [5, 5.41) is 16.7. The van der Waals surface area contributed by atoms with E-state index in [1.54, 1.807) is 6.92 Å². The van der Waals surface area contributed by atoms with Crippen molar-refractivity contribution >= 4 is 23.5 Å². The van der Waals surface area contributed by atoms with Crippen LogP contribution in [0.2, 0.25) is 0 Å². The molecule has 3 N–H and O–H groups in total. The Hall–Kier alpha value is -2.12. The van der Waals surface area contributed by atoms with E-state index >= 15 is 0 Å². The number of carbonyl (C=O) groups is 3. The van der Waals surface area contributed by atoms with Crippen molar-refractivity contribution in [2.75, 3.05) is 13.1 Å². The van der Waals surface area contributed by atoms with Crippen molar-refractivity contribution < 1.29 is 24.3 Å². The van der Waals surface area contributed by atoms with Crippen molar-refractivity contribution in [1.29, 1.82) is 0 Å². The highest BCUT2D eigenvalue weighted by Crippen LogP contribution is 2.10. The number of hydrogen-bond donors (Lipinski definition) is 3. The number of rotatable bonds is 5. The lowest BCUT2D eigenvalue weighted by Gasteiger charge is -2.08. The zero-order valence-electron chi connectivity index (χ0n) is 9.23. The van der Waals surface area contributed by atoms with Gasteiger partial charge in [0.05, 0.1) is 6.54 Å². The highest BCUT2D eigenvalue weighted by atomic mass is 16.6. The Morgan fingerprint density at radius 2 is 2.18 bits per heavy atom. The van der Waals surface area contributed by atoms with Gasteiger partial charge in [0.15, 0.2) is 5.71 Å². The minimum Gasteiger partial charge on any atom is -0.477 e. The maximum absolute atomic E-state index is 11.4. The van der Waals surface area contributed by atoms with Gasteiger partial charge in [-0.3, -0.25) is 9.59 Å². The predicted octanol–water partition coefficient (Wildman–Crippen LogP) is -1.53. The summed E-state index contributed by atoms with van der Waals surface area (Å²) in [6.45, 7) is 2.06. The summed E-state index contributed by atoms with van der Waals surface area (Å²) in [4.78, 5) is 37.6. The fourth-order valence-corrected chi connectivity index (χ4v) is 1.19. The van der Waals surface area contributed by atoms with Gasteiger partial charge in [-0.1, -0.05) is 5.16 Å². The number of oxime groups is 1. The normalized spacial score (nSPS) is 17.9. The van der Waals surface area contributed by atoms with Crippen LogP contribution in [-0.2, 0) is 19.2 Å². The average molecular weight is 243 g/mol. The van der Waals surface area contributed by atoms with Gasteiger partial charge < -0.3 is 20.6 Å². The first kappa shape index (κ1) is 12.9. The van der Waals surface area contributed by atoms with E-state index < -0.39 is 18.0 Å². The number of carbonyl (C=O) groups excluding carboxylic acids is 2. The molecule has 0 saturated heterocycles. The molecule has 1 heterocycles. The molecule has 0 saturated carbocycles. The maximum Gasteiger partial charge on any atom is 0.353 e. The Balaban J connectivity index is 2.32. The number of nitrogens with zero attached hydrogens (tertiary/aromatic N) is 1. The van der Waals surface area contributed by atoms with Gasteiger partial charge in [-0.2, -0.15) is 0 Å². The summed E-state index contributed by atoms with van der Waals surface area (Å²) >= 11 is 0. The molecule has 0 aromatic rings. The first-order chi connectivity index (χ1) is 8.04. The topological polar surface area (TPSA) is 117 Å². The van der Waals surface area contributed by atoms with E-state index in [9.17, 15) is 14.4 Å². The van der Waals surface area contributed by atoms with Crippen LogP contribution in [-0.4, -0.2) is 47.8 Å².